The summed E-state index contributed by atoms with van der Waals surface area (Å²) in [5.41, 5.74) is 0.626. The second-order valence-corrected chi connectivity index (χ2v) is 3.88. The average Bonchev–Trinajstić information content (AvgIpc) is 2.60. The van der Waals surface area contributed by atoms with Crippen molar-refractivity contribution in [1.29, 1.82) is 0 Å². The van der Waals surface area contributed by atoms with E-state index in [1.807, 2.05) is 12.1 Å². The van der Waals surface area contributed by atoms with Crippen molar-refractivity contribution in [3.8, 4) is 0 Å². The number of allylic oxidation sites excluding steroid dienone is 1. The molecule has 0 aliphatic rings. The predicted molar refractivity (Wildman–Crippen MR) is 57.4 cm³/mol. The van der Waals surface area contributed by atoms with Gasteiger partial charge in [-0.3, -0.25) is 4.79 Å². The van der Waals surface area contributed by atoms with Crippen LogP contribution in [0.3, 0.4) is 0 Å². The number of hydrogen-bond donors (Lipinski definition) is 0. The topological polar surface area (TPSA) is 53.3 Å². The monoisotopic (exact) mass is 288 g/mol. The van der Waals surface area contributed by atoms with Gasteiger partial charge in [0.2, 0.25) is 5.78 Å². The molecule has 0 unspecified atom stereocenters. The second-order valence-electron chi connectivity index (χ2n) is 2.96. The van der Waals surface area contributed by atoms with Gasteiger partial charge in [0.1, 0.15) is 5.58 Å². The van der Waals surface area contributed by atoms with Gasteiger partial charge in [0, 0.05) is 9.86 Å². The average molecular weight is 289 g/mol. The normalized spacial score (nSPS) is 10.6. The van der Waals surface area contributed by atoms with Crippen LogP contribution in [0.15, 0.2) is 45.5 Å². The first kappa shape index (κ1) is 13.5. The summed E-state index contributed by atoms with van der Waals surface area (Å²) in [4.78, 5) is 11.3. The van der Waals surface area contributed by atoms with Gasteiger partial charge >= 0.3 is 29.6 Å². The van der Waals surface area contributed by atoms with Gasteiger partial charge in [0.25, 0.3) is 0 Å². The number of furan rings is 1. The Hall–Kier alpha value is -0.550. The Labute approximate surface area is 123 Å². The summed E-state index contributed by atoms with van der Waals surface area (Å²) >= 11 is 3.32. The third-order valence-corrected chi connectivity index (χ3v) is 2.43. The number of benzene rings is 1. The third-order valence-electron chi connectivity index (χ3n) is 1.94. The molecule has 1 heterocycles. The minimum atomic E-state index is -0.419. The predicted octanol–water partition coefficient (Wildman–Crippen LogP) is -0.744. The molecule has 16 heavy (non-hydrogen) atoms. The van der Waals surface area contributed by atoms with Crippen LogP contribution < -0.4 is 34.7 Å². The summed E-state index contributed by atoms with van der Waals surface area (Å²) in [6, 6.07) is 7.04. The van der Waals surface area contributed by atoms with E-state index in [0.29, 0.717) is 11.8 Å². The zero-order valence-corrected chi connectivity index (χ0v) is 12.2. The van der Waals surface area contributed by atoms with E-state index in [1.165, 1.54) is 0 Å². The Morgan fingerprint density at radius 1 is 1.38 bits per heavy atom. The van der Waals surface area contributed by atoms with E-state index in [-0.39, 0.29) is 35.3 Å². The van der Waals surface area contributed by atoms with Gasteiger partial charge in [0.15, 0.2) is 5.76 Å². The summed E-state index contributed by atoms with van der Waals surface area (Å²) in [6.07, 6.45) is 1.39. The number of ketones is 1. The molecule has 0 bridgehead atoms. The van der Waals surface area contributed by atoms with E-state index < -0.39 is 5.78 Å². The van der Waals surface area contributed by atoms with Gasteiger partial charge in [-0.1, -0.05) is 15.9 Å². The van der Waals surface area contributed by atoms with E-state index in [9.17, 15) is 9.90 Å². The summed E-state index contributed by atoms with van der Waals surface area (Å²) in [6.45, 7) is 0. The molecule has 0 spiro atoms. The molecule has 1 aromatic carbocycles. The molecule has 2 rings (SSSR count). The van der Waals surface area contributed by atoms with Gasteiger partial charge in [-0.25, -0.2) is 0 Å². The molecular formula is C11H6BrNaO3. The smallest absolute Gasteiger partial charge is 0.878 e. The fraction of sp³-hybridized carbons (Fsp3) is 0. The van der Waals surface area contributed by atoms with E-state index in [4.69, 9.17) is 4.42 Å². The summed E-state index contributed by atoms with van der Waals surface area (Å²) in [5.74, 6) is -0.243. The van der Waals surface area contributed by atoms with Crippen LogP contribution in [0.25, 0.3) is 11.0 Å². The van der Waals surface area contributed by atoms with Crippen molar-refractivity contribution in [2.45, 2.75) is 0 Å². The van der Waals surface area contributed by atoms with Crippen molar-refractivity contribution in [3.63, 3.8) is 0 Å². The second kappa shape index (κ2) is 5.68. The Balaban J connectivity index is 0.00000128. The molecule has 76 valence electrons. The zero-order chi connectivity index (χ0) is 10.8. The summed E-state index contributed by atoms with van der Waals surface area (Å²) in [5, 5.41) is 11.0. The van der Waals surface area contributed by atoms with Crippen LogP contribution in [-0.4, -0.2) is 5.78 Å². The van der Waals surface area contributed by atoms with Gasteiger partial charge in [0.05, 0.1) is 0 Å². The van der Waals surface area contributed by atoms with Crippen LogP contribution in [0.4, 0.5) is 0 Å². The fourth-order valence-electron chi connectivity index (χ4n) is 1.28. The maximum absolute atomic E-state index is 11.3. The van der Waals surface area contributed by atoms with Gasteiger partial charge in [-0.05, 0) is 30.3 Å². The van der Waals surface area contributed by atoms with Crippen LogP contribution in [0.2, 0.25) is 0 Å². The fourth-order valence-corrected chi connectivity index (χ4v) is 1.66. The molecule has 0 atom stereocenters. The molecule has 1 aromatic heterocycles. The Morgan fingerprint density at radius 2 is 2.12 bits per heavy atom. The Bertz CT molecular complexity index is 545. The van der Waals surface area contributed by atoms with E-state index in [0.717, 1.165) is 15.9 Å². The van der Waals surface area contributed by atoms with Crippen LogP contribution >= 0.6 is 15.9 Å². The summed E-state index contributed by atoms with van der Waals surface area (Å²) in [7, 11) is 0. The standard InChI is InChI=1S/C11H7BrO3.Na/c12-8-1-2-10-7(5-8)6-11(15-10)9(14)3-4-13;/h1-6,13H;/q;+1/p-1. The molecule has 3 nitrogen and oxygen atoms in total. The quantitative estimate of drug-likeness (QED) is 0.316. The zero-order valence-electron chi connectivity index (χ0n) is 8.57. The molecule has 0 aliphatic heterocycles. The molecule has 2 aromatic rings. The number of carbonyl (C=O) groups is 1. The molecule has 0 saturated carbocycles. The number of fused-ring (bicyclic) bond motifs is 1. The first-order valence-electron chi connectivity index (χ1n) is 4.22. The van der Waals surface area contributed by atoms with Gasteiger partial charge in [-0.2, -0.15) is 0 Å². The number of hydrogen-bond acceptors (Lipinski definition) is 3. The molecule has 0 fully saturated rings. The van der Waals surface area contributed by atoms with E-state index in [1.54, 1.807) is 12.1 Å². The Morgan fingerprint density at radius 3 is 2.81 bits per heavy atom. The Kier molecular flexibility index (Phi) is 4.80. The van der Waals surface area contributed by atoms with Crippen LogP contribution in [0, 0.1) is 0 Å². The van der Waals surface area contributed by atoms with E-state index in [2.05, 4.69) is 15.9 Å². The van der Waals surface area contributed by atoms with Crippen molar-refractivity contribution >= 4 is 32.7 Å². The number of rotatable bonds is 2. The molecular weight excluding hydrogens is 283 g/mol. The van der Waals surface area contributed by atoms with Crippen molar-refractivity contribution < 1.29 is 43.9 Å². The minimum absolute atomic E-state index is 0. The van der Waals surface area contributed by atoms with Crippen LogP contribution in [0.1, 0.15) is 10.6 Å². The number of halogens is 1. The van der Waals surface area contributed by atoms with Gasteiger partial charge in [-0.15, -0.1) is 6.26 Å². The van der Waals surface area contributed by atoms with Crippen molar-refractivity contribution in [1.82, 2.24) is 0 Å². The third kappa shape index (κ3) is 2.77. The molecule has 0 aliphatic carbocycles. The van der Waals surface area contributed by atoms with E-state index >= 15 is 0 Å². The van der Waals surface area contributed by atoms with Crippen molar-refractivity contribution in [2.75, 3.05) is 0 Å². The van der Waals surface area contributed by atoms with Crippen LogP contribution in [-0.2, 0) is 0 Å². The SMILES string of the molecule is O=C(C=C[O-])c1cc2cc(Br)ccc2o1.[Na+]. The largest absolute Gasteiger partial charge is 1.00 e. The minimum Gasteiger partial charge on any atom is -0.878 e. The first-order valence-corrected chi connectivity index (χ1v) is 5.02. The molecule has 5 heteroatoms. The molecule has 0 radical (unpaired) electrons. The summed E-state index contributed by atoms with van der Waals surface area (Å²) < 4.78 is 6.19. The van der Waals surface area contributed by atoms with Crippen molar-refractivity contribution in [2.24, 2.45) is 0 Å². The van der Waals surface area contributed by atoms with Crippen molar-refractivity contribution in [3.05, 3.63) is 46.8 Å². The molecule has 0 N–H and O–H groups in total. The number of carbonyl (C=O) groups excluding carboxylic acids is 1. The first-order chi connectivity index (χ1) is 7.20. The van der Waals surface area contributed by atoms with Gasteiger partial charge < -0.3 is 9.52 Å². The molecule has 0 saturated heterocycles. The molecule has 0 amide bonds. The maximum atomic E-state index is 11.3. The van der Waals surface area contributed by atoms with Crippen LogP contribution in [0.5, 0.6) is 0 Å². The maximum Gasteiger partial charge on any atom is 1.00 e.